The Morgan fingerprint density at radius 2 is 1.72 bits per heavy atom. The van der Waals surface area contributed by atoms with E-state index >= 15 is 0 Å². The summed E-state index contributed by atoms with van der Waals surface area (Å²) in [6.07, 6.45) is 2.97. The monoisotopic (exact) mass is 581 g/mol. The van der Waals surface area contributed by atoms with Crippen molar-refractivity contribution >= 4 is 11.8 Å². The van der Waals surface area contributed by atoms with Crippen LogP contribution in [0.2, 0.25) is 0 Å². The van der Waals surface area contributed by atoms with Crippen molar-refractivity contribution in [1.29, 1.82) is 5.26 Å². The second kappa shape index (κ2) is 12.0. The number of hydrogen-bond donors (Lipinski definition) is 2. The van der Waals surface area contributed by atoms with E-state index in [1.165, 1.54) is 0 Å². The maximum atomic E-state index is 13.0. The Morgan fingerprint density at radius 1 is 1.12 bits per heavy atom. The van der Waals surface area contributed by atoms with E-state index in [-0.39, 0.29) is 23.9 Å². The molecule has 2 heterocycles. The number of hydrogen-bond acceptors (Lipinski definition) is 8. The molecule has 2 aliphatic rings. The highest BCUT2D eigenvalue weighted by molar-refractivity contribution is 5.95. The van der Waals surface area contributed by atoms with Crippen LogP contribution in [-0.2, 0) is 11.8 Å². The quantitative estimate of drug-likeness (QED) is 0.394. The normalized spacial score (nSPS) is 17.4. The van der Waals surface area contributed by atoms with Gasteiger partial charge in [-0.25, -0.2) is 0 Å². The molecule has 3 aromatic rings. The number of nitriles is 1. The molecule has 2 amide bonds. The van der Waals surface area contributed by atoms with Crippen molar-refractivity contribution < 1.29 is 9.59 Å². The highest BCUT2D eigenvalue weighted by Gasteiger charge is 2.47. The number of aromatic nitrogens is 4. The van der Waals surface area contributed by atoms with Crippen molar-refractivity contribution in [3.8, 4) is 6.07 Å². The third-order valence-corrected chi connectivity index (χ3v) is 8.62. The molecule has 2 atom stereocenters. The first-order valence-corrected chi connectivity index (χ1v) is 14.6. The van der Waals surface area contributed by atoms with E-state index < -0.39 is 5.41 Å². The van der Waals surface area contributed by atoms with E-state index in [2.05, 4.69) is 50.4 Å². The van der Waals surface area contributed by atoms with Crippen molar-refractivity contribution in [2.24, 2.45) is 0 Å². The summed E-state index contributed by atoms with van der Waals surface area (Å²) in [6, 6.07) is 13.9. The van der Waals surface area contributed by atoms with Gasteiger partial charge in [0.25, 0.3) is 11.8 Å². The Morgan fingerprint density at radius 3 is 2.23 bits per heavy atom. The molecular formula is C32H39N9O2. The van der Waals surface area contributed by atoms with E-state index in [9.17, 15) is 14.9 Å². The lowest BCUT2D eigenvalue weighted by atomic mass is 9.62. The van der Waals surface area contributed by atoms with E-state index in [0.29, 0.717) is 36.3 Å². The van der Waals surface area contributed by atoms with Crippen LogP contribution in [0.1, 0.15) is 75.0 Å². The maximum absolute atomic E-state index is 13.0. The van der Waals surface area contributed by atoms with Crippen LogP contribution in [0.15, 0.2) is 48.7 Å². The number of carbonyl (C=O) groups excluding carboxylic acids is 2. The fourth-order valence-electron chi connectivity index (χ4n) is 6.54. The van der Waals surface area contributed by atoms with Gasteiger partial charge in [-0.3, -0.25) is 9.59 Å². The first kappa shape index (κ1) is 29.9. The summed E-state index contributed by atoms with van der Waals surface area (Å²) in [4.78, 5) is 31.1. The highest BCUT2D eigenvalue weighted by Crippen LogP contribution is 2.48. The van der Waals surface area contributed by atoms with Crippen molar-refractivity contribution in [2.75, 3.05) is 41.3 Å². The van der Waals surface area contributed by atoms with Gasteiger partial charge in [-0.2, -0.15) is 10.5 Å². The SMILES string of the molecule is C=C(CN[C@@H](C)CC1(c2nn[nH]n2)c2ccc(C(=O)N(C)C)cc2Cc2cc(C(=O)N(C)C)ccc21)N1CCCC1C#N. The van der Waals surface area contributed by atoms with Crippen molar-refractivity contribution in [3.05, 3.63) is 87.9 Å². The molecule has 1 aliphatic heterocycles. The zero-order chi connectivity index (χ0) is 30.9. The van der Waals surface area contributed by atoms with E-state index in [0.717, 1.165) is 47.3 Å². The molecule has 224 valence electrons. The fourth-order valence-corrected chi connectivity index (χ4v) is 6.54. The smallest absolute Gasteiger partial charge is 0.253 e. The molecule has 11 nitrogen and oxygen atoms in total. The van der Waals surface area contributed by atoms with Crippen LogP contribution in [-0.4, -0.2) is 101 Å². The van der Waals surface area contributed by atoms with Crippen LogP contribution in [0.25, 0.3) is 0 Å². The average Bonchev–Trinajstić information content (AvgIpc) is 3.71. The lowest BCUT2D eigenvalue weighted by Crippen LogP contribution is -2.43. The summed E-state index contributed by atoms with van der Waals surface area (Å²) in [5.74, 6) is 0.354. The first-order chi connectivity index (χ1) is 20.6. The summed E-state index contributed by atoms with van der Waals surface area (Å²) >= 11 is 0. The predicted octanol–water partition coefficient (Wildman–Crippen LogP) is 2.71. The van der Waals surface area contributed by atoms with Gasteiger partial charge in [0.2, 0.25) is 0 Å². The standard InChI is InChI=1S/C32H39N9O2/c1-20(34-19-21(2)41-13-7-8-26(41)18-33)17-32(31-35-37-38-36-31)27-11-9-22(29(42)39(3)4)14-24(27)16-25-15-23(10-12-28(25)32)30(43)40(5)6/h9-12,14-15,20,26,34H,2,7-8,13,16-17,19H2,1,3-6H3,(H,35,36,37,38)/t20-,26?/m0/s1. The molecule has 1 saturated heterocycles. The number of carbonyl (C=O) groups is 2. The van der Waals surface area contributed by atoms with Crippen LogP contribution >= 0.6 is 0 Å². The Bertz CT molecular complexity index is 1500. The summed E-state index contributed by atoms with van der Waals surface area (Å²) < 4.78 is 0. The van der Waals surface area contributed by atoms with Gasteiger partial charge < -0.3 is 20.0 Å². The molecule has 1 aliphatic carbocycles. The fraction of sp³-hybridized carbons (Fsp3) is 0.438. The van der Waals surface area contributed by atoms with Crippen molar-refractivity contribution in [3.63, 3.8) is 0 Å². The number of amides is 2. The van der Waals surface area contributed by atoms with E-state index in [4.69, 9.17) is 0 Å². The molecule has 1 fully saturated rings. The molecule has 11 heteroatoms. The lowest BCUT2D eigenvalue weighted by Gasteiger charge is -2.41. The van der Waals surface area contributed by atoms with Crippen molar-refractivity contribution in [2.45, 2.75) is 50.1 Å². The number of tetrazole rings is 1. The Balaban J connectivity index is 1.58. The van der Waals surface area contributed by atoms with E-state index in [1.54, 1.807) is 38.0 Å². The number of likely N-dealkylation sites (tertiary alicyclic amines) is 1. The second-order valence-corrected chi connectivity index (χ2v) is 12.0. The zero-order valence-electron chi connectivity index (χ0n) is 25.5. The summed E-state index contributed by atoms with van der Waals surface area (Å²) in [6.45, 7) is 7.76. The number of fused-ring (bicyclic) bond motifs is 2. The number of rotatable bonds is 9. The highest BCUT2D eigenvalue weighted by atomic mass is 16.2. The predicted molar refractivity (Wildman–Crippen MR) is 162 cm³/mol. The van der Waals surface area contributed by atoms with Crippen LogP contribution in [0.3, 0.4) is 0 Å². The molecule has 43 heavy (non-hydrogen) atoms. The topological polar surface area (TPSA) is 134 Å². The molecule has 0 radical (unpaired) electrons. The molecule has 1 aromatic heterocycles. The Kier molecular flexibility index (Phi) is 8.33. The minimum absolute atomic E-state index is 0.0386. The largest absolute Gasteiger partial charge is 0.358 e. The summed E-state index contributed by atoms with van der Waals surface area (Å²) in [5.41, 5.74) is 5.22. The summed E-state index contributed by atoms with van der Waals surface area (Å²) in [5, 5.41) is 28.8. The van der Waals surface area contributed by atoms with Gasteiger partial charge in [0, 0.05) is 64.1 Å². The zero-order valence-corrected chi connectivity index (χ0v) is 25.5. The molecule has 2 aromatic carbocycles. The third kappa shape index (κ3) is 5.50. The van der Waals surface area contributed by atoms with Gasteiger partial charge in [-0.1, -0.05) is 23.9 Å². The molecular weight excluding hydrogens is 542 g/mol. The molecule has 0 bridgehead atoms. The average molecular weight is 582 g/mol. The van der Waals surface area contributed by atoms with Crippen LogP contribution in [0, 0.1) is 11.3 Å². The third-order valence-electron chi connectivity index (χ3n) is 8.62. The maximum Gasteiger partial charge on any atom is 0.253 e. The minimum atomic E-state index is -0.814. The number of nitrogens with zero attached hydrogens (tertiary/aromatic N) is 7. The minimum Gasteiger partial charge on any atom is -0.358 e. The summed E-state index contributed by atoms with van der Waals surface area (Å²) in [7, 11) is 6.95. The number of nitrogens with one attached hydrogen (secondary N) is 2. The van der Waals surface area contributed by atoms with Crippen LogP contribution in [0.5, 0.6) is 0 Å². The van der Waals surface area contributed by atoms with Gasteiger partial charge in [-0.15, -0.1) is 10.2 Å². The van der Waals surface area contributed by atoms with Gasteiger partial charge in [-0.05, 0) is 79.1 Å². The van der Waals surface area contributed by atoms with Crippen LogP contribution in [0.4, 0.5) is 0 Å². The molecule has 1 unspecified atom stereocenters. The Hall–Kier alpha value is -4.56. The molecule has 0 spiro atoms. The Labute approximate surface area is 252 Å². The number of benzene rings is 2. The van der Waals surface area contributed by atoms with Gasteiger partial charge in [0.15, 0.2) is 5.82 Å². The van der Waals surface area contributed by atoms with Crippen molar-refractivity contribution in [1.82, 2.24) is 40.6 Å². The van der Waals surface area contributed by atoms with E-state index in [1.807, 2.05) is 36.4 Å². The van der Waals surface area contributed by atoms with Gasteiger partial charge >= 0.3 is 0 Å². The lowest BCUT2D eigenvalue weighted by molar-refractivity contribution is 0.0820. The van der Waals surface area contributed by atoms with Gasteiger partial charge in [0.05, 0.1) is 11.5 Å². The van der Waals surface area contributed by atoms with Crippen LogP contribution < -0.4 is 5.32 Å². The second-order valence-electron chi connectivity index (χ2n) is 12.0. The molecule has 2 N–H and O–H groups in total. The number of aromatic amines is 1. The van der Waals surface area contributed by atoms with Gasteiger partial charge in [0.1, 0.15) is 6.04 Å². The molecule has 5 rings (SSSR count). The molecule has 0 saturated carbocycles. The number of H-pyrrole nitrogens is 1. The first-order valence-electron chi connectivity index (χ1n) is 14.6.